The Labute approximate surface area is 164 Å². The minimum Gasteiger partial charge on any atom is -0.349 e. The Hall–Kier alpha value is -2.26. The summed E-state index contributed by atoms with van der Waals surface area (Å²) in [6.45, 7) is 1.03. The topological polar surface area (TPSA) is 97.2 Å². The first-order valence-corrected chi connectivity index (χ1v) is 11.2. The van der Waals surface area contributed by atoms with Crippen molar-refractivity contribution >= 4 is 15.9 Å². The van der Waals surface area contributed by atoms with E-state index in [0.29, 0.717) is 38.2 Å². The van der Waals surface area contributed by atoms with Gasteiger partial charge in [0.2, 0.25) is 15.9 Å². The predicted molar refractivity (Wildman–Crippen MR) is 103 cm³/mol. The Kier molecular flexibility index (Phi) is 4.06. The fourth-order valence-corrected chi connectivity index (χ4v) is 6.05. The van der Waals surface area contributed by atoms with Crippen LogP contribution in [0.5, 0.6) is 0 Å². The molecular formula is C19H23N5O3S. The second-order valence-electron chi connectivity index (χ2n) is 8.02. The lowest BCUT2D eigenvalue weighted by Crippen LogP contribution is -2.57. The molecule has 8 nitrogen and oxygen atoms in total. The number of amides is 1. The van der Waals surface area contributed by atoms with Crippen LogP contribution in [0.3, 0.4) is 0 Å². The number of nitrogens with one attached hydrogen (secondary N) is 1. The summed E-state index contributed by atoms with van der Waals surface area (Å²) in [7, 11) is -3.17. The Morgan fingerprint density at radius 2 is 1.82 bits per heavy atom. The highest BCUT2D eigenvalue weighted by Gasteiger charge is 2.46. The molecule has 9 heteroatoms. The van der Waals surface area contributed by atoms with E-state index in [4.69, 9.17) is 4.98 Å². The molecule has 0 bridgehead atoms. The highest BCUT2D eigenvalue weighted by atomic mass is 32.2. The molecule has 2 aliphatic heterocycles. The monoisotopic (exact) mass is 401 g/mol. The highest BCUT2D eigenvalue weighted by molar-refractivity contribution is 7.90. The van der Waals surface area contributed by atoms with Crippen LogP contribution < -0.4 is 5.32 Å². The summed E-state index contributed by atoms with van der Waals surface area (Å²) in [5.41, 5.74) is 0.463. The van der Waals surface area contributed by atoms with Crippen molar-refractivity contribution in [3.63, 3.8) is 0 Å². The number of carbonyl (C=O) groups excluding carboxylic acids is 1. The fourth-order valence-electron chi connectivity index (χ4n) is 4.21. The number of nitrogens with zero attached hydrogens (tertiary/aromatic N) is 4. The van der Waals surface area contributed by atoms with Crippen molar-refractivity contribution in [2.24, 2.45) is 0 Å². The number of benzene rings is 1. The third-order valence-corrected chi connectivity index (χ3v) is 8.36. The molecule has 3 aliphatic rings. The van der Waals surface area contributed by atoms with Crippen molar-refractivity contribution in [1.29, 1.82) is 0 Å². The number of hydrogen-bond donors (Lipinski definition) is 1. The van der Waals surface area contributed by atoms with E-state index in [1.807, 2.05) is 30.3 Å². The zero-order valence-electron chi connectivity index (χ0n) is 15.5. The number of carbonyl (C=O) groups is 1. The molecule has 1 aromatic carbocycles. The van der Waals surface area contributed by atoms with Crippen LogP contribution in [0.25, 0.3) is 11.4 Å². The maximum absolute atomic E-state index is 12.5. The summed E-state index contributed by atoms with van der Waals surface area (Å²) in [6.07, 6.45) is 3.30. The molecule has 0 radical (unpaired) electrons. The second-order valence-corrected chi connectivity index (χ2v) is 10.2. The van der Waals surface area contributed by atoms with Gasteiger partial charge in [0.25, 0.3) is 0 Å². The lowest BCUT2D eigenvalue weighted by molar-refractivity contribution is -0.123. The van der Waals surface area contributed by atoms with Crippen LogP contribution in [0.2, 0.25) is 0 Å². The Morgan fingerprint density at radius 1 is 1.11 bits per heavy atom. The van der Waals surface area contributed by atoms with Gasteiger partial charge in [-0.1, -0.05) is 30.3 Å². The van der Waals surface area contributed by atoms with Crippen LogP contribution in [-0.2, 0) is 27.8 Å². The van der Waals surface area contributed by atoms with Gasteiger partial charge >= 0.3 is 0 Å². The third-order valence-electron chi connectivity index (χ3n) is 5.96. The van der Waals surface area contributed by atoms with E-state index < -0.39 is 15.6 Å². The van der Waals surface area contributed by atoms with Gasteiger partial charge in [0.15, 0.2) is 5.82 Å². The van der Waals surface area contributed by atoms with Crippen LogP contribution in [-0.4, -0.2) is 57.3 Å². The number of hydrogen-bond acceptors (Lipinski definition) is 5. The van der Waals surface area contributed by atoms with Crippen molar-refractivity contribution < 1.29 is 13.2 Å². The van der Waals surface area contributed by atoms with E-state index in [2.05, 4.69) is 10.4 Å². The molecule has 1 aromatic heterocycles. The summed E-state index contributed by atoms with van der Waals surface area (Å²) < 4.78 is 28.3. The minimum atomic E-state index is -3.17. The van der Waals surface area contributed by atoms with Gasteiger partial charge in [-0.25, -0.2) is 22.4 Å². The van der Waals surface area contributed by atoms with Crippen molar-refractivity contribution in [1.82, 2.24) is 24.4 Å². The first-order valence-electron chi connectivity index (χ1n) is 9.74. The van der Waals surface area contributed by atoms with Gasteiger partial charge in [0, 0.05) is 30.6 Å². The average molecular weight is 401 g/mol. The molecule has 1 spiro atoms. The molecule has 148 valence electrons. The van der Waals surface area contributed by atoms with Crippen molar-refractivity contribution in [2.45, 2.75) is 49.4 Å². The van der Waals surface area contributed by atoms with Gasteiger partial charge in [-0.3, -0.25) is 4.79 Å². The van der Waals surface area contributed by atoms with Gasteiger partial charge in [-0.2, -0.15) is 5.10 Å². The van der Waals surface area contributed by atoms with Gasteiger partial charge in [-0.05, 0) is 25.7 Å². The van der Waals surface area contributed by atoms with Crippen LogP contribution in [0.1, 0.15) is 31.5 Å². The Balaban J connectivity index is 1.39. The van der Waals surface area contributed by atoms with Crippen LogP contribution >= 0.6 is 0 Å². The number of fused-ring (bicyclic) bond motifs is 1. The van der Waals surface area contributed by atoms with E-state index >= 15 is 0 Å². The fraction of sp³-hybridized carbons (Fsp3) is 0.526. The molecule has 0 atom stereocenters. The van der Waals surface area contributed by atoms with Crippen LogP contribution in [0.4, 0.5) is 0 Å². The highest BCUT2D eigenvalue weighted by Crippen LogP contribution is 2.35. The number of aromatic nitrogens is 3. The Bertz CT molecular complexity index is 1010. The lowest BCUT2D eigenvalue weighted by Gasteiger charge is -2.40. The SMILES string of the molecule is O=C1Cn2nc(-c3ccccc3)nc2CC2(CCN(S(=O)(=O)C3CC3)CC2)N1. The van der Waals surface area contributed by atoms with Gasteiger partial charge < -0.3 is 5.32 Å². The van der Waals surface area contributed by atoms with Gasteiger partial charge in [-0.15, -0.1) is 0 Å². The molecule has 28 heavy (non-hydrogen) atoms. The second kappa shape index (κ2) is 6.38. The number of rotatable bonds is 3. The van der Waals surface area contributed by atoms with E-state index in [1.165, 1.54) is 0 Å². The van der Waals surface area contributed by atoms with E-state index in [9.17, 15) is 13.2 Å². The van der Waals surface area contributed by atoms with Gasteiger partial charge in [0.1, 0.15) is 12.4 Å². The average Bonchev–Trinajstić information content (AvgIpc) is 3.48. The predicted octanol–water partition coefficient (Wildman–Crippen LogP) is 0.944. The van der Waals surface area contributed by atoms with E-state index in [-0.39, 0.29) is 17.7 Å². The molecule has 2 fully saturated rings. The largest absolute Gasteiger partial charge is 0.349 e. The zero-order chi connectivity index (χ0) is 19.4. The maximum atomic E-state index is 12.5. The quantitative estimate of drug-likeness (QED) is 0.826. The smallest absolute Gasteiger partial charge is 0.242 e. The first-order chi connectivity index (χ1) is 13.5. The van der Waals surface area contributed by atoms with Crippen molar-refractivity contribution in [3.8, 4) is 11.4 Å². The molecule has 1 saturated heterocycles. The van der Waals surface area contributed by atoms with Crippen LogP contribution in [0.15, 0.2) is 30.3 Å². The number of sulfonamides is 1. The number of piperidine rings is 1. The molecule has 3 heterocycles. The molecule has 1 amide bonds. The standard InChI is InChI=1S/C19H23N5O3S/c25-17-13-24-16(20-18(22-24)14-4-2-1-3-5-14)12-19(21-17)8-10-23(11-9-19)28(26,27)15-6-7-15/h1-5,15H,6-13H2,(H,21,25). The van der Waals surface area contributed by atoms with Crippen molar-refractivity contribution in [3.05, 3.63) is 36.2 Å². The molecule has 2 aromatic rings. The van der Waals surface area contributed by atoms with Gasteiger partial charge in [0.05, 0.1) is 5.25 Å². The van der Waals surface area contributed by atoms with Crippen LogP contribution in [0, 0.1) is 0 Å². The first kappa shape index (κ1) is 17.8. The minimum absolute atomic E-state index is 0.0956. The molecule has 1 aliphatic carbocycles. The molecule has 5 rings (SSSR count). The van der Waals surface area contributed by atoms with E-state index in [1.54, 1.807) is 8.99 Å². The molecular weight excluding hydrogens is 378 g/mol. The third kappa shape index (κ3) is 3.12. The summed E-state index contributed by atoms with van der Waals surface area (Å²) in [5, 5.41) is 7.48. The Morgan fingerprint density at radius 3 is 2.50 bits per heavy atom. The zero-order valence-corrected chi connectivity index (χ0v) is 16.4. The summed E-state index contributed by atoms with van der Waals surface area (Å²) in [4.78, 5) is 17.2. The molecule has 0 unspecified atom stereocenters. The van der Waals surface area contributed by atoms with Crippen molar-refractivity contribution in [2.75, 3.05) is 13.1 Å². The molecule has 1 N–H and O–H groups in total. The maximum Gasteiger partial charge on any atom is 0.242 e. The summed E-state index contributed by atoms with van der Waals surface area (Å²) >= 11 is 0. The normalized spacial score (nSPS) is 22.5. The summed E-state index contributed by atoms with van der Waals surface area (Å²) in [6, 6.07) is 9.71. The molecule has 1 saturated carbocycles. The summed E-state index contributed by atoms with van der Waals surface area (Å²) in [5.74, 6) is 1.30. The lowest BCUT2D eigenvalue weighted by atomic mass is 9.85. The van der Waals surface area contributed by atoms with E-state index in [0.717, 1.165) is 24.2 Å².